The molecular weight excluding hydrogens is 591 g/mol. The van der Waals surface area contributed by atoms with Gasteiger partial charge in [-0.05, 0) is 105 Å². The van der Waals surface area contributed by atoms with Crippen LogP contribution in [0.4, 0.5) is 17.1 Å². The monoisotopic (exact) mass is 617 g/mol. The fourth-order valence-corrected chi connectivity index (χ4v) is 9.25. The number of benzene rings is 7. The van der Waals surface area contributed by atoms with E-state index in [4.69, 9.17) is 0 Å². The average molecular weight is 618 g/mol. The Morgan fingerprint density at radius 3 is 1.66 bits per heavy atom. The third-order valence-electron chi connectivity index (χ3n) is 10.1. The van der Waals surface area contributed by atoms with E-state index in [1.165, 1.54) is 44.5 Å². The molecule has 0 bridgehead atoms. The number of para-hydroxylation sites is 2. The highest BCUT2D eigenvalue weighted by Gasteiger charge is 2.52. The molecule has 0 saturated heterocycles. The Kier molecular flexibility index (Phi) is 5.55. The fraction of sp³-hybridized carbons (Fsp3) is 0.0227. The molecule has 7 aromatic carbocycles. The number of hydrogen-bond acceptors (Lipinski definition) is 3. The lowest BCUT2D eigenvalue weighted by molar-refractivity contribution is 0.795. The Labute approximate surface area is 276 Å². The highest BCUT2D eigenvalue weighted by Crippen LogP contribution is 2.63. The molecular formula is C44H27NOS. The zero-order valence-electron chi connectivity index (χ0n) is 25.4. The first kappa shape index (κ1) is 26.4. The van der Waals surface area contributed by atoms with Crippen molar-refractivity contribution in [1.82, 2.24) is 0 Å². The smallest absolute Gasteiger partial charge is 0.195 e. The molecule has 1 atom stereocenters. The molecule has 0 fully saturated rings. The van der Waals surface area contributed by atoms with Crippen molar-refractivity contribution in [2.24, 2.45) is 0 Å². The summed E-state index contributed by atoms with van der Waals surface area (Å²) >= 11 is 1.70. The predicted octanol–water partition coefficient (Wildman–Crippen LogP) is 11.2. The van der Waals surface area contributed by atoms with Gasteiger partial charge in [-0.3, -0.25) is 4.79 Å². The Balaban J connectivity index is 1.32. The van der Waals surface area contributed by atoms with E-state index in [1.807, 2.05) is 18.2 Å². The number of nitrogens with zero attached hydrogens (tertiary/aromatic N) is 1. The molecule has 1 aromatic heterocycles. The van der Waals surface area contributed by atoms with Gasteiger partial charge in [0.05, 0.1) is 5.41 Å². The summed E-state index contributed by atoms with van der Waals surface area (Å²) in [5, 5.41) is 1.57. The number of anilines is 3. The summed E-state index contributed by atoms with van der Waals surface area (Å²) in [5.74, 6) is 0. The molecule has 10 rings (SSSR count). The molecule has 220 valence electrons. The highest BCUT2D eigenvalue weighted by molar-refractivity contribution is 7.24. The molecule has 3 heteroatoms. The molecule has 0 aliphatic heterocycles. The first-order valence-corrected chi connectivity index (χ1v) is 16.8. The van der Waals surface area contributed by atoms with Crippen LogP contribution in [-0.2, 0) is 5.41 Å². The SMILES string of the molecule is O=c1c2ccccc2sc2cc3c(cc12)C1(c2ccccc2-c2ccc(N(c4ccccc4)c4ccccc4)cc21)c1ccccc1-3. The average Bonchev–Trinajstić information content (AvgIpc) is 3.59. The summed E-state index contributed by atoms with van der Waals surface area (Å²) in [6.07, 6.45) is 0. The van der Waals surface area contributed by atoms with E-state index in [9.17, 15) is 4.79 Å². The van der Waals surface area contributed by atoms with Crippen LogP contribution >= 0.6 is 11.3 Å². The van der Waals surface area contributed by atoms with Crippen LogP contribution in [0.15, 0.2) is 169 Å². The molecule has 1 spiro atoms. The summed E-state index contributed by atoms with van der Waals surface area (Å²) in [5.41, 5.74) is 12.7. The van der Waals surface area contributed by atoms with Gasteiger partial charge in [0.15, 0.2) is 5.43 Å². The minimum Gasteiger partial charge on any atom is -0.310 e. The van der Waals surface area contributed by atoms with Crippen molar-refractivity contribution >= 4 is 48.6 Å². The summed E-state index contributed by atoms with van der Waals surface area (Å²) < 4.78 is 2.05. The normalized spacial score (nSPS) is 15.4. The highest BCUT2D eigenvalue weighted by atomic mass is 32.1. The van der Waals surface area contributed by atoms with Gasteiger partial charge >= 0.3 is 0 Å². The first-order valence-electron chi connectivity index (χ1n) is 16.0. The van der Waals surface area contributed by atoms with Gasteiger partial charge in [0.2, 0.25) is 0 Å². The third-order valence-corrected chi connectivity index (χ3v) is 11.2. The van der Waals surface area contributed by atoms with Crippen LogP contribution in [-0.4, -0.2) is 0 Å². The first-order chi connectivity index (χ1) is 23.2. The zero-order chi connectivity index (χ0) is 31.1. The van der Waals surface area contributed by atoms with Crippen LogP contribution < -0.4 is 10.3 Å². The van der Waals surface area contributed by atoms with Crippen molar-refractivity contribution in [3.8, 4) is 22.3 Å². The second-order valence-corrected chi connectivity index (χ2v) is 13.5. The fourth-order valence-electron chi connectivity index (χ4n) is 8.16. The van der Waals surface area contributed by atoms with E-state index >= 15 is 0 Å². The molecule has 2 aliphatic rings. The summed E-state index contributed by atoms with van der Waals surface area (Å²) in [7, 11) is 0. The summed E-state index contributed by atoms with van der Waals surface area (Å²) in [6.45, 7) is 0. The molecule has 0 radical (unpaired) electrons. The Morgan fingerprint density at radius 2 is 0.957 bits per heavy atom. The molecule has 2 nitrogen and oxygen atoms in total. The van der Waals surface area contributed by atoms with Crippen molar-refractivity contribution in [3.05, 3.63) is 196 Å². The standard InChI is InChI=1S/C44H27NOS/c46-43-34-19-9-12-22-41(34)47-42-27-35-32-18-8-11-21-38(32)44(40(35)26-36(42)43)37-20-10-7-17-31(37)33-24-23-30(25-39(33)44)45(28-13-3-1-4-14-28)29-15-5-2-6-16-29/h1-27H. The Bertz CT molecular complexity index is 2570. The van der Waals surface area contributed by atoms with Crippen LogP contribution in [0.2, 0.25) is 0 Å². The maximum absolute atomic E-state index is 14.1. The number of fused-ring (bicyclic) bond motifs is 12. The molecule has 0 amide bonds. The summed E-state index contributed by atoms with van der Waals surface area (Å²) in [6, 6.07) is 58.3. The second kappa shape index (κ2) is 9.86. The van der Waals surface area contributed by atoms with Gasteiger partial charge in [0.25, 0.3) is 0 Å². The van der Waals surface area contributed by atoms with Crippen LogP contribution in [0.5, 0.6) is 0 Å². The van der Waals surface area contributed by atoms with E-state index < -0.39 is 5.41 Å². The number of rotatable bonds is 3. The largest absolute Gasteiger partial charge is 0.310 e. The molecule has 1 unspecified atom stereocenters. The van der Waals surface area contributed by atoms with Crippen molar-refractivity contribution in [3.63, 3.8) is 0 Å². The maximum atomic E-state index is 14.1. The zero-order valence-corrected chi connectivity index (χ0v) is 26.2. The van der Waals surface area contributed by atoms with Gasteiger partial charge in [-0.1, -0.05) is 103 Å². The van der Waals surface area contributed by atoms with Gasteiger partial charge in [-0.2, -0.15) is 0 Å². The lowest BCUT2D eigenvalue weighted by Gasteiger charge is -2.32. The van der Waals surface area contributed by atoms with E-state index in [1.54, 1.807) is 11.3 Å². The minimum absolute atomic E-state index is 0.0999. The second-order valence-electron chi connectivity index (χ2n) is 12.4. The molecule has 1 heterocycles. The van der Waals surface area contributed by atoms with Gasteiger partial charge in [-0.15, -0.1) is 11.3 Å². The van der Waals surface area contributed by atoms with Crippen LogP contribution in [0.3, 0.4) is 0 Å². The van der Waals surface area contributed by atoms with Crippen LogP contribution in [0.1, 0.15) is 22.3 Å². The Morgan fingerprint density at radius 1 is 0.404 bits per heavy atom. The quantitative estimate of drug-likeness (QED) is 0.184. The topological polar surface area (TPSA) is 20.3 Å². The van der Waals surface area contributed by atoms with E-state index in [-0.39, 0.29) is 5.43 Å². The van der Waals surface area contributed by atoms with Gasteiger partial charge in [0, 0.05) is 37.2 Å². The van der Waals surface area contributed by atoms with Gasteiger partial charge in [-0.25, -0.2) is 0 Å². The molecule has 8 aromatic rings. The van der Waals surface area contributed by atoms with E-state index in [0.29, 0.717) is 0 Å². The minimum atomic E-state index is -0.566. The van der Waals surface area contributed by atoms with Crippen molar-refractivity contribution in [2.75, 3.05) is 4.90 Å². The molecule has 47 heavy (non-hydrogen) atoms. The number of hydrogen-bond donors (Lipinski definition) is 0. The van der Waals surface area contributed by atoms with Crippen molar-refractivity contribution in [1.29, 1.82) is 0 Å². The summed E-state index contributed by atoms with van der Waals surface area (Å²) in [4.78, 5) is 16.4. The van der Waals surface area contributed by atoms with E-state index in [2.05, 4.69) is 150 Å². The van der Waals surface area contributed by atoms with E-state index in [0.717, 1.165) is 37.2 Å². The van der Waals surface area contributed by atoms with Crippen molar-refractivity contribution in [2.45, 2.75) is 5.41 Å². The van der Waals surface area contributed by atoms with Crippen LogP contribution in [0, 0.1) is 0 Å². The third kappa shape index (κ3) is 3.58. The van der Waals surface area contributed by atoms with Crippen molar-refractivity contribution < 1.29 is 0 Å². The molecule has 0 saturated carbocycles. The molecule has 0 N–H and O–H groups in total. The van der Waals surface area contributed by atoms with Gasteiger partial charge < -0.3 is 4.90 Å². The van der Waals surface area contributed by atoms with Gasteiger partial charge in [0.1, 0.15) is 0 Å². The molecule has 2 aliphatic carbocycles. The maximum Gasteiger partial charge on any atom is 0.195 e. The lowest BCUT2D eigenvalue weighted by atomic mass is 9.70. The Hall–Kier alpha value is -5.77. The lowest BCUT2D eigenvalue weighted by Crippen LogP contribution is -2.26. The van der Waals surface area contributed by atoms with Crippen LogP contribution in [0.25, 0.3) is 42.4 Å². The predicted molar refractivity (Wildman–Crippen MR) is 197 cm³/mol.